The molecule has 0 bridgehead atoms. The van der Waals surface area contributed by atoms with Gasteiger partial charge in [-0.05, 0) is 48.5 Å². The standard InChI is InChI=1S/C24H10F4N2S4/c25-11-3-1-4-12(26)19(11)15-7-9-17(31-15)21-29-23-24(33-21)30-22(34-23)18-10-8-16(32-18)20-13(27)5-2-6-14(20)28/h1-10H. The summed E-state index contributed by atoms with van der Waals surface area (Å²) in [6, 6.07) is 14.6. The molecule has 0 amide bonds. The van der Waals surface area contributed by atoms with Crippen LogP contribution in [0.4, 0.5) is 17.6 Å². The molecule has 0 spiro atoms. The number of thiophene rings is 2. The van der Waals surface area contributed by atoms with Gasteiger partial charge in [0.15, 0.2) is 9.66 Å². The summed E-state index contributed by atoms with van der Waals surface area (Å²) in [5, 5.41) is 1.43. The predicted octanol–water partition coefficient (Wildman–Crippen LogP) is 9.10. The highest BCUT2D eigenvalue weighted by molar-refractivity contribution is 7.32. The SMILES string of the molecule is Fc1cccc(F)c1-c1ccc(-c2nc3sc(-c4ccc(-c5c(F)cccc5F)s4)nc3s2)s1. The van der Waals surface area contributed by atoms with Crippen LogP contribution in [-0.2, 0) is 0 Å². The summed E-state index contributed by atoms with van der Waals surface area (Å²) in [7, 11) is 0. The van der Waals surface area contributed by atoms with E-state index in [-0.39, 0.29) is 11.1 Å². The molecule has 0 aliphatic rings. The van der Waals surface area contributed by atoms with Crippen LogP contribution in [0, 0.1) is 23.3 Å². The molecule has 34 heavy (non-hydrogen) atoms. The van der Waals surface area contributed by atoms with Gasteiger partial charge in [0.2, 0.25) is 0 Å². The van der Waals surface area contributed by atoms with Gasteiger partial charge in [0, 0.05) is 9.75 Å². The summed E-state index contributed by atoms with van der Waals surface area (Å²) in [6.07, 6.45) is 0. The number of benzene rings is 2. The molecule has 0 aliphatic carbocycles. The van der Waals surface area contributed by atoms with Gasteiger partial charge in [-0.1, -0.05) is 34.8 Å². The first-order valence-electron chi connectivity index (χ1n) is 9.84. The summed E-state index contributed by atoms with van der Waals surface area (Å²) in [4.78, 5) is 13.3. The molecule has 2 nitrogen and oxygen atoms in total. The van der Waals surface area contributed by atoms with Gasteiger partial charge in [-0.3, -0.25) is 0 Å². The van der Waals surface area contributed by atoms with Crippen molar-refractivity contribution in [3.05, 3.63) is 83.9 Å². The van der Waals surface area contributed by atoms with Crippen LogP contribution >= 0.6 is 45.3 Å². The van der Waals surface area contributed by atoms with Gasteiger partial charge < -0.3 is 0 Å². The van der Waals surface area contributed by atoms with E-state index in [1.54, 1.807) is 24.3 Å². The van der Waals surface area contributed by atoms with E-state index in [1.165, 1.54) is 81.7 Å². The maximum absolute atomic E-state index is 14.1. The third-order valence-corrected chi connectivity index (χ3v) is 9.60. The Kier molecular flexibility index (Phi) is 5.33. The van der Waals surface area contributed by atoms with Crippen LogP contribution < -0.4 is 0 Å². The Morgan fingerprint density at radius 1 is 0.441 bits per heavy atom. The molecule has 6 aromatic rings. The highest BCUT2D eigenvalue weighted by atomic mass is 32.1. The Hall–Kier alpha value is -2.92. The lowest BCUT2D eigenvalue weighted by molar-refractivity contribution is 0.589. The first kappa shape index (κ1) is 21.6. The molecule has 0 N–H and O–H groups in total. The molecule has 0 saturated carbocycles. The zero-order chi connectivity index (χ0) is 23.4. The maximum Gasteiger partial charge on any atom is 0.155 e. The van der Waals surface area contributed by atoms with Crippen molar-refractivity contribution >= 4 is 55.0 Å². The molecule has 168 valence electrons. The number of nitrogens with zero attached hydrogens (tertiary/aromatic N) is 2. The average molecular weight is 531 g/mol. The molecule has 0 saturated heterocycles. The topological polar surface area (TPSA) is 25.8 Å². The molecular weight excluding hydrogens is 521 g/mol. The van der Waals surface area contributed by atoms with Crippen LogP contribution in [0.2, 0.25) is 0 Å². The zero-order valence-electron chi connectivity index (χ0n) is 16.8. The van der Waals surface area contributed by atoms with Gasteiger partial charge in [-0.25, -0.2) is 27.5 Å². The fourth-order valence-corrected chi connectivity index (χ4v) is 7.75. The van der Waals surface area contributed by atoms with Crippen molar-refractivity contribution in [3.8, 4) is 40.7 Å². The lowest BCUT2D eigenvalue weighted by Crippen LogP contribution is -1.86. The fraction of sp³-hybridized carbons (Fsp3) is 0. The normalized spacial score (nSPS) is 11.5. The minimum atomic E-state index is -0.606. The first-order chi connectivity index (χ1) is 16.5. The second kappa shape index (κ2) is 8.38. The summed E-state index contributed by atoms with van der Waals surface area (Å²) in [5.41, 5.74) is -0.0883. The van der Waals surface area contributed by atoms with Crippen LogP contribution in [0.15, 0.2) is 60.7 Å². The number of rotatable bonds is 4. The lowest BCUT2D eigenvalue weighted by atomic mass is 10.1. The van der Waals surface area contributed by atoms with Crippen molar-refractivity contribution in [1.29, 1.82) is 0 Å². The van der Waals surface area contributed by atoms with E-state index in [9.17, 15) is 17.6 Å². The van der Waals surface area contributed by atoms with E-state index in [0.29, 0.717) is 19.8 Å². The molecule has 4 heterocycles. The van der Waals surface area contributed by atoms with Gasteiger partial charge in [0.25, 0.3) is 0 Å². The third kappa shape index (κ3) is 3.67. The molecule has 10 heteroatoms. The molecule has 0 radical (unpaired) electrons. The van der Waals surface area contributed by atoms with Crippen LogP contribution in [-0.4, -0.2) is 9.97 Å². The van der Waals surface area contributed by atoms with Crippen molar-refractivity contribution in [3.63, 3.8) is 0 Å². The molecule has 6 rings (SSSR count). The Balaban J connectivity index is 1.31. The summed E-state index contributed by atoms with van der Waals surface area (Å²) < 4.78 is 56.5. The first-order valence-corrected chi connectivity index (χ1v) is 13.1. The Labute approximate surface area is 206 Å². The average Bonchev–Trinajstić information content (AvgIpc) is 3.56. The molecule has 0 aliphatic heterocycles. The summed E-state index contributed by atoms with van der Waals surface area (Å²) >= 11 is 5.31. The summed E-state index contributed by atoms with van der Waals surface area (Å²) in [5.74, 6) is -2.42. The lowest BCUT2D eigenvalue weighted by Gasteiger charge is -2.01. The van der Waals surface area contributed by atoms with Crippen molar-refractivity contribution in [2.24, 2.45) is 0 Å². The van der Waals surface area contributed by atoms with E-state index in [1.807, 2.05) is 0 Å². The second-order valence-corrected chi connectivity index (χ2v) is 11.3. The number of aromatic nitrogens is 2. The van der Waals surface area contributed by atoms with Crippen molar-refractivity contribution in [2.75, 3.05) is 0 Å². The highest BCUT2D eigenvalue weighted by Gasteiger charge is 2.19. The Bertz CT molecular complexity index is 1490. The molecular formula is C24H10F4N2S4. The smallest absolute Gasteiger partial charge is 0.155 e. The van der Waals surface area contributed by atoms with Gasteiger partial charge in [-0.2, -0.15) is 0 Å². The van der Waals surface area contributed by atoms with Gasteiger partial charge in [-0.15, -0.1) is 22.7 Å². The molecule has 0 atom stereocenters. The van der Waals surface area contributed by atoms with Crippen LogP contribution in [0.3, 0.4) is 0 Å². The van der Waals surface area contributed by atoms with Crippen LogP contribution in [0.25, 0.3) is 50.3 Å². The third-order valence-electron chi connectivity index (χ3n) is 5.03. The van der Waals surface area contributed by atoms with Crippen molar-refractivity contribution in [2.45, 2.75) is 0 Å². The molecule has 2 aromatic carbocycles. The molecule has 0 fully saturated rings. The number of halogens is 4. The number of hydrogen-bond acceptors (Lipinski definition) is 6. The molecule has 0 unspecified atom stereocenters. The quantitative estimate of drug-likeness (QED) is 0.212. The Morgan fingerprint density at radius 2 is 0.794 bits per heavy atom. The maximum atomic E-state index is 14.1. The monoisotopic (exact) mass is 530 g/mol. The number of thiazole rings is 2. The number of fused-ring (bicyclic) bond motifs is 1. The minimum absolute atomic E-state index is 0.0441. The number of hydrogen-bond donors (Lipinski definition) is 0. The van der Waals surface area contributed by atoms with Crippen LogP contribution in [0.5, 0.6) is 0 Å². The van der Waals surface area contributed by atoms with Crippen LogP contribution in [0.1, 0.15) is 0 Å². The van der Waals surface area contributed by atoms with E-state index in [0.717, 1.165) is 19.4 Å². The zero-order valence-corrected chi connectivity index (χ0v) is 20.1. The van der Waals surface area contributed by atoms with Crippen molar-refractivity contribution < 1.29 is 17.6 Å². The van der Waals surface area contributed by atoms with E-state index >= 15 is 0 Å². The Morgan fingerprint density at radius 3 is 1.18 bits per heavy atom. The largest absolute Gasteiger partial charge is 0.222 e. The van der Waals surface area contributed by atoms with Gasteiger partial charge in [0.05, 0.1) is 20.9 Å². The highest BCUT2D eigenvalue weighted by Crippen LogP contribution is 2.43. The molecule has 4 aromatic heterocycles. The summed E-state index contributed by atoms with van der Waals surface area (Å²) in [6.45, 7) is 0. The van der Waals surface area contributed by atoms with Gasteiger partial charge >= 0.3 is 0 Å². The van der Waals surface area contributed by atoms with E-state index in [2.05, 4.69) is 9.97 Å². The predicted molar refractivity (Wildman–Crippen MR) is 133 cm³/mol. The van der Waals surface area contributed by atoms with E-state index < -0.39 is 23.3 Å². The second-order valence-electron chi connectivity index (χ2n) is 7.17. The fourth-order valence-electron chi connectivity index (χ4n) is 3.49. The van der Waals surface area contributed by atoms with Crippen molar-refractivity contribution in [1.82, 2.24) is 9.97 Å². The van der Waals surface area contributed by atoms with Gasteiger partial charge in [0.1, 0.15) is 33.3 Å². The minimum Gasteiger partial charge on any atom is -0.222 e. The van der Waals surface area contributed by atoms with E-state index in [4.69, 9.17) is 0 Å².